The van der Waals surface area contributed by atoms with Gasteiger partial charge in [-0.25, -0.2) is 0 Å². The molecule has 0 aliphatic carbocycles. The first kappa shape index (κ1) is 31.6. The molecule has 4 heterocycles. The van der Waals surface area contributed by atoms with Crippen molar-refractivity contribution >= 4 is 50.8 Å². The van der Waals surface area contributed by atoms with Crippen LogP contribution in [0.25, 0.3) is 61.4 Å². The molecular formula is C39H32GeIrN4O-2. The van der Waals surface area contributed by atoms with Crippen molar-refractivity contribution in [3.8, 4) is 28.3 Å². The van der Waals surface area contributed by atoms with E-state index in [1.807, 2.05) is 72.9 Å². The maximum atomic E-state index is 6.51. The molecule has 0 spiro atoms. The topological polar surface area (TPSA) is 56.7 Å². The number of hydrogen-bond donors (Lipinski definition) is 0. The largest absolute Gasteiger partial charge is 0.305 e. The number of para-hydroxylation sites is 1. The van der Waals surface area contributed by atoms with Crippen molar-refractivity contribution in [3.63, 3.8) is 0 Å². The zero-order chi connectivity index (χ0) is 31.0. The van der Waals surface area contributed by atoms with Crippen LogP contribution in [0.5, 0.6) is 0 Å². The maximum absolute atomic E-state index is 6.51. The van der Waals surface area contributed by atoms with Gasteiger partial charge in [0.1, 0.15) is 0 Å². The Bertz CT molecular complexity index is 2220. The summed E-state index contributed by atoms with van der Waals surface area (Å²) in [6.07, 6.45) is 3.65. The van der Waals surface area contributed by atoms with E-state index in [4.69, 9.17) is 9.40 Å². The molecule has 229 valence electrons. The molecule has 8 aromatic rings. The molecule has 0 aliphatic heterocycles. The van der Waals surface area contributed by atoms with Gasteiger partial charge in [-0.2, -0.15) is 0 Å². The van der Waals surface area contributed by atoms with Gasteiger partial charge in [0.25, 0.3) is 0 Å². The number of furan rings is 1. The molecular weight excluding hydrogens is 805 g/mol. The summed E-state index contributed by atoms with van der Waals surface area (Å²) in [5.74, 6) is 7.99. The Morgan fingerprint density at radius 1 is 0.761 bits per heavy atom. The molecule has 4 aromatic carbocycles. The summed E-state index contributed by atoms with van der Waals surface area (Å²) in [5.41, 5.74) is 8.42. The van der Waals surface area contributed by atoms with Gasteiger partial charge in [0, 0.05) is 26.3 Å². The number of nitrogens with zero attached hydrogens (tertiary/aromatic N) is 4. The van der Waals surface area contributed by atoms with Crippen molar-refractivity contribution in [3.05, 3.63) is 139 Å². The van der Waals surface area contributed by atoms with Gasteiger partial charge in [0.15, 0.2) is 0 Å². The maximum Gasteiger partial charge on any atom is 0.0160 e. The van der Waals surface area contributed by atoms with Gasteiger partial charge in [0.05, 0.1) is 0 Å². The molecule has 1 radical (unpaired) electrons. The Hall–Kier alpha value is -4.36. The van der Waals surface area contributed by atoms with Gasteiger partial charge >= 0.3 is 196 Å². The Morgan fingerprint density at radius 3 is 2.30 bits per heavy atom. The second kappa shape index (κ2) is 13.2. The molecule has 0 N–H and O–H groups in total. The molecule has 0 fully saturated rings. The minimum Gasteiger partial charge on any atom is -0.305 e. The van der Waals surface area contributed by atoms with Crippen molar-refractivity contribution in [2.45, 2.75) is 24.2 Å². The van der Waals surface area contributed by atoms with E-state index in [-0.39, 0.29) is 20.1 Å². The van der Waals surface area contributed by atoms with E-state index in [1.54, 1.807) is 6.20 Å². The summed E-state index contributed by atoms with van der Waals surface area (Å²) >= 11 is -1.97. The molecule has 0 unspecified atom stereocenters. The van der Waals surface area contributed by atoms with Crippen LogP contribution in [0.3, 0.4) is 0 Å². The van der Waals surface area contributed by atoms with Crippen LogP contribution in [0.15, 0.2) is 126 Å². The number of rotatable bonds is 4. The van der Waals surface area contributed by atoms with Crippen LogP contribution < -0.4 is 4.40 Å². The van der Waals surface area contributed by atoms with Crippen LogP contribution in [0.2, 0.25) is 17.3 Å². The number of pyridine rings is 2. The molecule has 0 saturated carbocycles. The molecule has 4 aromatic heterocycles. The van der Waals surface area contributed by atoms with E-state index in [9.17, 15) is 0 Å². The van der Waals surface area contributed by atoms with Crippen molar-refractivity contribution in [2.75, 3.05) is 0 Å². The fourth-order valence-corrected chi connectivity index (χ4v) is 7.92. The third-order valence-corrected chi connectivity index (χ3v) is 12.1. The molecule has 5 nitrogen and oxygen atoms in total. The molecule has 7 heteroatoms. The van der Waals surface area contributed by atoms with Crippen LogP contribution in [-0.4, -0.2) is 32.8 Å². The molecule has 0 atom stereocenters. The fraction of sp³-hybridized carbons (Fsp3) is 0.103. The zero-order valence-corrected chi connectivity index (χ0v) is 30.6. The Kier molecular flexibility index (Phi) is 9.05. The minimum atomic E-state index is -1.97. The van der Waals surface area contributed by atoms with Gasteiger partial charge in [-0.1, -0.05) is 12.1 Å². The summed E-state index contributed by atoms with van der Waals surface area (Å²) in [6, 6.07) is 43.4. The third kappa shape index (κ3) is 6.21. The predicted octanol–water partition coefficient (Wildman–Crippen LogP) is 9.19. The number of imidazole rings is 1. The van der Waals surface area contributed by atoms with Gasteiger partial charge < -0.3 is 4.98 Å². The summed E-state index contributed by atoms with van der Waals surface area (Å²) < 4.78 is 10.1. The molecule has 0 aliphatic rings. The van der Waals surface area contributed by atoms with Gasteiger partial charge in [0.2, 0.25) is 0 Å². The van der Waals surface area contributed by atoms with Crippen LogP contribution in [0.4, 0.5) is 0 Å². The second-order valence-corrected chi connectivity index (χ2v) is 22.8. The smallest absolute Gasteiger partial charge is 0.0160 e. The molecule has 8 rings (SSSR count). The second-order valence-electron chi connectivity index (χ2n) is 12.1. The van der Waals surface area contributed by atoms with E-state index >= 15 is 0 Å². The van der Waals surface area contributed by atoms with Crippen LogP contribution in [0.1, 0.15) is 5.56 Å². The van der Waals surface area contributed by atoms with Crippen LogP contribution in [-0.2, 0) is 20.1 Å². The molecule has 0 bridgehead atoms. The van der Waals surface area contributed by atoms with Crippen LogP contribution >= 0.6 is 0 Å². The Labute approximate surface area is 285 Å². The summed E-state index contributed by atoms with van der Waals surface area (Å²) in [6.45, 7) is 2.05. The van der Waals surface area contributed by atoms with Gasteiger partial charge in [-0.05, 0) is 11.8 Å². The van der Waals surface area contributed by atoms with Crippen molar-refractivity contribution in [1.82, 2.24) is 19.5 Å². The first-order chi connectivity index (χ1) is 21.9. The normalized spacial score (nSPS) is 11.3. The minimum absolute atomic E-state index is 0. The van der Waals surface area contributed by atoms with Crippen LogP contribution in [0, 0.1) is 19.1 Å². The summed E-state index contributed by atoms with van der Waals surface area (Å²) in [5, 5.41) is 2.22. The number of benzene rings is 4. The summed E-state index contributed by atoms with van der Waals surface area (Å²) in [7, 11) is 0. The molecule has 46 heavy (non-hydrogen) atoms. The van der Waals surface area contributed by atoms with E-state index in [0.29, 0.717) is 5.65 Å². The van der Waals surface area contributed by atoms with Crippen molar-refractivity contribution < 1.29 is 24.5 Å². The van der Waals surface area contributed by atoms with Crippen molar-refractivity contribution in [1.29, 1.82) is 0 Å². The molecule has 0 amide bonds. The SMILES string of the molecule is Cc1cnc2nc(-c3[c-]ccc4c3oc3c[c]([Ge]([CH3])([CH3])[CH3])ccc34)n(-c3ccccc3)c2c1.[Ir].[c-]1ccccc1-c1ccccn1. The Morgan fingerprint density at radius 2 is 1.57 bits per heavy atom. The first-order valence-corrected chi connectivity index (χ1v) is 22.4. The average Bonchev–Trinajstić information content (AvgIpc) is 3.64. The average molecular weight is 838 g/mol. The number of fused-ring (bicyclic) bond motifs is 4. The monoisotopic (exact) mass is 839 g/mol. The number of aryl methyl sites for hydroxylation is 1. The van der Waals surface area contributed by atoms with E-state index in [1.165, 1.54) is 4.40 Å². The van der Waals surface area contributed by atoms with Crippen molar-refractivity contribution in [2.24, 2.45) is 0 Å². The molecule has 0 saturated heterocycles. The third-order valence-electron chi connectivity index (χ3n) is 7.84. The quantitative estimate of drug-likeness (QED) is 0.131. The number of hydrogen-bond acceptors (Lipinski definition) is 4. The fourth-order valence-electron chi connectivity index (χ4n) is 5.52. The predicted molar refractivity (Wildman–Crippen MR) is 187 cm³/mol. The van der Waals surface area contributed by atoms with E-state index in [2.05, 4.69) is 93.3 Å². The van der Waals surface area contributed by atoms with Gasteiger partial charge in [-0.3, -0.25) is 0 Å². The summed E-state index contributed by atoms with van der Waals surface area (Å²) in [4.78, 5) is 13.8. The van der Waals surface area contributed by atoms with Gasteiger partial charge in [-0.15, -0.1) is 35.9 Å². The number of aromatic nitrogens is 4. The van der Waals surface area contributed by atoms with E-state index < -0.39 is 13.3 Å². The standard InChI is InChI=1S/C28H24GeN3O.C11H8N.Ir/c1-18-15-24-27(30-17-18)31-28(32(24)20-9-6-5-7-10-20)23-12-8-11-22-21-14-13-19(29(2,3)4)16-25(21)33-26(22)23;1-2-6-10(7-3-1)11-8-4-5-9-12-11;/h5-11,13-17H,1-4H3;1-6,8-9H;/q2*-1;. The van der Waals surface area contributed by atoms with E-state index in [0.717, 1.165) is 61.4 Å². The Balaban J connectivity index is 0.000000241. The first-order valence-electron chi connectivity index (χ1n) is 15.0. The zero-order valence-electron chi connectivity index (χ0n) is 26.1.